The van der Waals surface area contributed by atoms with E-state index in [1.54, 1.807) is 0 Å². The fraction of sp³-hybridized carbons (Fsp3) is 0.667. The molecule has 0 amide bonds. The number of likely N-dealkylation sites (N-methyl/N-ethyl adjacent to an activating group) is 1. The van der Waals surface area contributed by atoms with Gasteiger partial charge in [0.25, 0.3) is 0 Å². The molecule has 0 spiro atoms. The van der Waals surface area contributed by atoms with Gasteiger partial charge >= 0.3 is 0 Å². The summed E-state index contributed by atoms with van der Waals surface area (Å²) >= 11 is 0. The summed E-state index contributed by atoms with van der Waals surface area (Å²) in [5, 5.41) is 3.50. The van der Waals surface area contributed by atoms with Crippen LogP contribution in [0.2, 0.25) is 0 Å². The Hall–Kier alpha value is -1.06. The van der Waals surface area contributed by atoms with Crippen LogP contribution in [0.25, 0.3) is 0 Å². The van der Waals surface area contributed by atoms with Gasteiger partial charge in [-0.05, 0) is 57.0 Å². The summed E-state index contributed by atoms with van der Waals surface area (Å²) in [7, 11) is 2.23. The minimum absolute atomic E-state index is 0.533. The monoisotopic (exact) mass is 290 g/mol. The molecule has 3 nitrogen and oxygen atoms in total. The molecule has 1 N–H and O–H groups in total. The first kappa shape index (κ1) is 16.3. The predicted octanol–water partition coefficient (Wildman–Crippen LogP) is 3.52. The molecule has 21 heavy (non-hydrogen) atoms. The standard InChI is InChI=1S/C18H30N2O/c1-5-9-19-13-15-11-14-8-10-20(4)17(6-2)16(14)12-18(15)21-7-3/h11-12,17,19H,5-10,13H2,1-4H3. The van der Waals surface area contributed by atoms with Gasteiger partial charge in [0.05, 0.1) is 6.61 Å². The SMILES string of the molecule is CCCNCc1cc2c(cc1OCC)C(CC)N(C)CC2. The number of hydrogen-bond donors (Lipinski definition) is 1. The molecule has 2 rings (SSSR count). The molecule has 0 aromatic heterocycles. The third-order valence-corrected chi connectivity index (χ3v) is 4.38. The van der Waals surface area contributed by atoms with Crippen molar-refractivity contribution in [3.8, 4) is 5.75 Å². The van der Waals surface area contributed by atoms with Crippen LogP contribution in [0.15, 0.2) is 12.1 Å². The number of benzene rings is 1. The maximum Gasteiger partial charge on any atom is 0.124 e. The van der Waals surface area contributed by atoms with Crippen LogP contribution in [0.3, 0.4) is 0 Å². The van der Waals surface area contributed by atoms with Crippen molar-refractivity contribution >= 4 is 0 Å². The van der Waals surface area contributed by atoms with E-state index >= 15 is 0 Å². The first-order valence-electron chi connectivity index (χ1n) is 8.40. The van der Waals surface area contributed by atoms with Crippen LogP contribution >= 0.6 is 0 Å². The van der Waals surface area contributed by atoms with Crippen LogP contribution in [0.1, 0.15) is 56.3 Å². The third-order valence-electron chi connectivity index (χ3n) is 4.38. The Bertz CT molecular complexity index is 459. The summed E-state index contributed by atoms with van der Waals surface area (Å²) in [6.45, 7) is 10.4. The van der Waals surface area contributed by atoms with E-state index in [1.807, 2.05) is 0 Å². The van der Waals surface area contributed by atoms with Crippen molar-refractivity contribution < 1.29 is 4.74 Å². The number of nitrogens with zero attached hydrogens (tertiary/aromatic N) is 1. The van der Waals surface area contributed by atoms with Crippen molar-refractivity contribution in [3.05, 3.63) is 28.8 Å². The largest absolute Gasteiger partial charge is 0.494 e. The third kappa shape index (κ3) is 3.78. The summed E-state index contributed by atoms with van der Waals surface area (Å²) in [4.78, 5) is 2.47. The summed E-state index contributed by atoms with van der Waals surface area (Å²) in [5.74, 6) is 1.06. The first-order valence-corrected chi connectivity index (χ1v) is 8.40. The Labute approximate surface area is 129 Å². The zero-order chi connectivity index (χ0) is 15.2. The van der Waals surface area contributed by atoms with Crippen molar-refractivity contribution in [2.24, 2.45) is 0 Å². The lowest BCUT2D eigenvalue weighted by atomic mass is 9.89. The Morgan fingerprint density at radius 3 is 2.76 bits per heavy atom. The predicted molar refractivity (Wildman–Crippen MR) is 89.0 cm³/mol. The van der Waals surface area contributed by atoms with Gasteiger partial charge in [-0.2, -0.15) is 0 Å². The van der Waals surface area contributed by atoms with Gasteiger partial charge in [0.2, 0.25) is 0 Å². The molecule has 1 aromatic rings. The number of rotatable bonds is 7. The number of hydrogen-bond acceptors (Lipinski definition) is 3. The molecule has 1 aliphatic heterocycles. The van der Waals surface area contributed by atoms with Gasteiger partial charge in [0.1, 0.15) is 5.75 Å². The maximum absolute atomic E-state index is 5.90. The van der Waals surface area contributed by atoms with Crippen LogP contribution < -0.4 is 10.1 Å². The minimum atomic E-state index is 0.533. The molecule has 0 saturated heterocycles. The molecule has 1 aromatic carbocycles. The van der Waals surface area contributed by atoms with Gasteiger partial charge < -0.3 is 10.1 Å². The molecule has 0 radical (unpaired) electrons. The highest BCUT2D eigenvalue weighted by atomic mass is 16.5. The second-order valence-corrected chi connectivity index (χ2v) is 5.92. The zero-order valence-corrected chi connectivity index (χ0v) is 14.0. The van der Waals surface area contributed by atoms with E-state index < -0.39 is 0 Å². The number of ether oxygens (including phenoxy) is 1. The molecule has 118 valence electrons. The van der Waals surface area contributed by atoms with E-state index in [0.717, 1.165) is 51.3 Å². The molecule has 0 bridgehead atoms. The van der Waals surface area contributed by atoms with E-state index in [4.69, 9.17) is 4.74 Å². The highest BCUT2D eigenvalue weighted by Crippen LogP contribution is 2.35. The van der Waals surface area contributed by atoms with Gasteiger partial charge in [-0.15, -0.1) is 0 Å². The smallest absolute Gasteiger partial charge is 0.124 e. The molecule has 0 saturated carbocycles. The highest BCUT2D eigenvalue weighted by molar-refractivity contribution is 5.45. The summed E-state index contributed by atoms with van der Waals surface area (Å²) in [6.07, 6.45) is 3.47. The molecule has 0 aliphatic carbocycles. The second kappa shape index (κ2) is 7.81. The Balaban J connectivity index is 2.30. The van der Waals surface area contributed by atoms with E-state index in [9.17, 15) is 0 Å². The first-order chi connectivity index (χ1) is 10.2. The summed E-state index contributed by atoms with van der Waals surface area (Å²) in [5.41, 5.74) is 4.29. The van der Waals surface area contributed by atoms with Gasteiger partial charge in [0.15, 0.2) is 0 Å². The van der Waals surface area contributed by atoms with Crippen molar-refractivity contribution in [2.75, 3.05) is 26.7 Å². The molecule has 0 fully saturated rings. The minimum Gasteiger partial charge on any atom is -0.494 e. The van der Waals surface area contributed by atoms with Gasteiger partial charge in [0, 0.05) is 24.7 Å². The van der Waals surface area contributed by atoms with Crippen LogP contribution in [0.5, 0.6) is 5.75 Å². The molecule has 1 aliphatic rings. The Morgan fingerprint density at radius 2 is 2.10 bits per heavy atom. The molecular formula is C18H30N2O. The summed E-state index contributed by atoms with van der Waals surface area (Å²) in [6, 6.07) is 5.20. The van der Waals surface area contributed by atoms with E-state index in [1.165, 1.54) is 16.7 Å². The zero-order valence-electron chi connectivity index (χ0n) is 14.0. The second-order valence-electron chi connectivity index (χ2n) is 5.92. The van der Waals surface area contributed by atoms with Crippen LogP contribution in [0.4, 0.5) is 0 Å². The average Bonchev–Trinajstić information content (AvgIpc) is 2.48. The molecule has 1 heterocycles. The van der Waals surface area contributed by atoms with E-state index in [2.05, 4.69) is 50.2 Å². The normalized spacial score (nSPS) is 18.6. The van der Waals surface area contributed by atoms with Crippen LogP contribution in [-0.4, -0.2) is 31.6 Å². The van der Waals surface area contributed by atoms with Gasteiger partial charge in [-0.25, -0.2) is 0 Å². The number of fused-ring (bicyclic) bond motifs is 1. The van der Waals surface area contributed by atoms with Gasteiger partial charge in [-0.1, -0.05) is 19.9 Å². The lowest BCUT2D eigenvalue weighted by Crippen LogP contribution is -2.32. The van der Waals surface area contributed by atoms with Gasteiger partial charge in [-0.3, -0.25) is 4.90 Å². The Kier molecular flexibility index (Phi) is 6.07. The quantitative estimate of drug-likeness (QED) is 0.778. The molecule has 1 unspecified atom stereocenters. The Morgan fingerprint density at radius 1 is 1.29 bits per heavy atom. The van der Waals surface area contributed by atoms with Crippen molar-refractivity contribution in [3.63, 3.8) is 0 Å². The lowest BCUT2D eigenvalue weighted by Gasteiger charge is -2.34. The summed E-state index contributed by atoms with van der Waals surface area (Å²) < 4.78 is 5.90. The average molecular weight is 290 g/mol. The fourth-order valence-corrected chi connectivity index (χ4v) is 3.27. The topological polar surface area (TPSA) is 24.5 Å². The van der Waals surface area contributed by atoms with Crippen LogP contribution in [-0.2, 0) is 13.0 Å². The van der Waals surface area contributed by atoms with Crippen molar-refractivity contribution in [2.45, 2.75) is 52.6 Å². The molecular weight excluding hydrogens is 260 g/mol. The number of nitrogens with one attached hydrogen (secondary N) is 1. The maximum atomic E-state index is 5.90. The lowest BCUT2D eigenvalue weighted by molar-refractivity contribution is 0.224. The van der Waals surface area contributed by atoms with Crippen molar-refractivity contribution in [1.82, 2.24) is 10.2 Å². The molecule has 3 heteroatoms. The highest BCUT2D eigenvalue weighted by Gasteiger charge is 2.24. The fourth-order valence-electron chi connectivity index (χ4n) is 3.27. The molecule has 1 atom stereocenters. The van der Waals surface area contributed by atoms with Crippen LogP contribution in [0, 0.1) is 0 Å². The van der Waals surface area contributed by atoms with E-state index in [-0.39, 0.29) is 0 Å². The van der Waals surface area contributed by atoms with Crippen molar-refractivity contribution in [1.29, 1.82) is 0 Å². The van der Waals surface area contributed by atoms with E-state index in [0.29, 0.717) is 6.04 Å².